The summed E-state index contributed by atoms with van der Waals surface area (Å²) in [6.07, 6.45) is 0.0101. The fourth-order valence-corrected chi connectivity index (χ4v) is 3.51. The number of methoxy groups -OCH3 is 1. The van der Waals surface area contributed by atoms with Gasteiger partial charge in [-0.25, -0.2) is 0 Å². The molecule has 156 valence electrons. The Morgan fingerprint density at radius 2 is 1.77 bits per heavy atom. The highest BCUT2D eigenvalue weighted by molar-refractivity contribution is 9.10. The van der Waals surface area contributed by atoms with Crippen molar-refractivity contribution in [3.8, 4) is 11.5 Å². The van der Waals surface area contributed by atoms with Gasteiger partial charge in [0.1, 0.15) is 11.5 Å². The lowest BCUT2D eigenvalue weighted by atomic mass is 10.1. The maximum absolute atomic E-state index is 12.2. The second-order valence-corrected chi connectivity index (χ2v) is 7.63. The van der Waals surface area contributed by atoms with Crippen molar-refractivity contribution in [3.63, 3.8) is 0 Å². The van der Waals surface area contributed by atoms with Crippen molar-refractivity contribution in [2.45, 2.75) is 25.9 Å². The third kappa shape index (κ3) is 5.73. The van der Waals surface area contributed by atoms with E-state index in [4.69, 9.17) is 9.47 Å². The molecule has 1 unspecified atom stereocenters. The van der Waals surface area contributed by atoms with E-state index in [2.05, 4.69) is 26.8 Å². The first-order valence-electron chi connectivity index (χ1n) is 9.53. The molecule has 6 nitrogen and oxygen atoms in total. The first-order valence-corrected chi connectivity index (χ1v) is 10.3. The molecule has 3 aromatic rings. The molecule has 0 fully saturated rings. The van der Waals surface area contributed by atoms with Gasteiger partial charge in [0.15, 0.2) is 6.10 Å². The number of carbonyl (C=O) groups is 2. The standard InChI is InChI=1S/C23H23BrN2O4/c1-15(30-19-10-9-17-5-3-4-6-18(17)14-19)23(28)26-25-22(27)12-8-16-7-11-21(29-2)20(24)13-16/h3-7,9-11,13-15H,8,12H2,1-2H3,(H,25,27)(H,26,28). The molecule has 0 aliphatic rings. The Hall–Kier alpha value is -3.06. The molecule has 0 aromatic heterocycles. The van der Waals surface area contributed by atoms with E-state index in [1.54, 1.807) is 14.0 Å². The van der Waals surface area contributed by atoms with Crippen LogP contribution in [-0.2, 0) is 16.0 Å². The quantitative estimate of drug-likeness (QED) is 0.508. The van der Waals surface area contributed by atoms with Crippen LogP contribution in [0, 0.1) is 0 Å². The average Bonchev–Trinajstić information content (AvgIpc) is 2.76. The van der Waals surface area contributed by atoms with Gasteiger partial charge in [-0.3, -0.25) is 20.4 Å². The number of hydrogen-bond acceptors (Lipinski definition) is 4. The Morgan fingerprint density at radius 1 is 1.00 bits per heavy atom. The summed E-state index contributed by atoms with van der Waals surface area (Å²) < 4.78 is 11.7. The number of fused-ring (bicyclic) bond motifs is 1. The average molecular weight is 471 g/mol. The van der Waals surface area contributed by atoms with Gasteiger partial charge < -0.3 is 9.47 Å². The van der Waals surface area contributed by atoms with Crippen LogP contribution in [0.1, 0.15) is 18.9 Å². The van der Waals surface area contributed by atoms with Crippen LogP contribution < -0.4 is 20.3 Å². The number of carbonyl (C=O) groups excluding carboxylic acids is 2. The van der Waals surface area contributed by atoms with Crippen LogP contribution in [-0.4, -0.2) is 25.0 Å². The van der Waals surface area contributed by atoms with Crippen molar-refractivity contribution < 1.29 is 19.1 Å². The third-order valence-corrected chi connectivity index (χ3v) is 5.20. The molecule has 0 radical (unpaired) electrons. The predicted octanol–water partition coefficient (Wildman–Crippen LogP) is 4.16. The van der Waals surface area contributed by atoms with Gasteiger partial charge in [0.05, 0.1) is 11.6 Å². The lowest BCUT2D eigenvalue weighted by molar-refractivity contribution is -0.132. The molecule has 0 aliphatic carbocycles. The molecule has 0 spiro atoms. The van der Waals surface area contributed by atoms with E-state index in [0.717, 1.165) is 26.6 Å². The van der Waals surface area contributed by atoms with E-state index in [9.17, 15) is 9.59 Å². The van der Waals surface area contributed by atoms with Crippen LogP contribution in [0.4, 0.5) is 0 Å². The van der Waals surface area contributed by atoms with Gasteiger partial charge in [-0.1, -0.05) is 36.4 Å². The SMILES string of the molecule is COc1ccc(CCC(=O)NNC(=O)C(C)Oc2ccc3ccccc3c2)cc1Br. The number of benzene rings is 3. The Labute approximate surface area is 183 Å². The molecular weight excluding hydrogens is 448 g/mol. The van der Waals surface area contributed by atoms with Gasteiger partial charge in [0.25, 0.3) is 5.91 Å². The minimum absolute atomic E-state index is 0.235. The molecule has 0 aliphatic heterocycles. The third-order valence-electron chi connectivity index (χ3n) is 4.59. The monoisotopic (exact) mass is 470 g/mol. The maximum atomic E-state index is 12.2. The summed E-state index contributed by atoms with van der Waals surface area (Å²) in [5.74, 6) is 0.612. The number of aryl methyl sites for hydroxylation is 1. The zero-order valence-corrected chi connectivity index (χ0v) is 18.4. The molecular formula is C23H23BrN2O4. The normalized spacial score (nSPS) is 11.6. The lowest BCUT2D eigenvalue weighted by Crippen LogP contribution is -2.47. The van der Waals surface area contributed by atoms with Gasteiger partial charge >= 0.3 is 0 Å². The zero-order chi connectivity index (χ0) is 21.5. The molecule has 7 heteroatoms. The minimum Gasteiger partial charge on any atom is -0.496 e. The summed E-state index contributed by atoms with van der Waals surface area (Å²) in [5.41, 5.74) is 5.83. The number of halogens is 1. The molecule has 30 heavy (non-hydrogen) atoms. The van der Waals surface area contributed by atoms with E-state index in [0.29, 0.717) is 12.2 Å². The van der Waals surface area contributed by atoms with E-state index < -0.39 is 12.0 Å². The van der Waals surface area contributed by atoms with Crippen molar-refractivity contribution in [1.29, 1.82) is 0 Å². The highest BCUT2D eigenvalue weighted by Crippen LogP contribution is 2.26. The van der Waals surface area contributed by atoms with Gasteiger partial charge in [-0.15, -0.1) is 0 Å². The molecule has 0 saturated heterocycles. The zero-order valence-electron chi connectivity index (χ0n) is 16.8. The highest BCUT2D eigenvalue weighted by atomic mass is 79.9. The summed E-state index contributed by atoms with van der Waals surface area (Å²) in [7, 11) is 1.60. The smallest absolute Gasteiger partial charge is 0.279 e. The predicted molar refractivity (Wildman–Crippen MR) is 119 cm³/mol. The number of amides is 2. The fourth-order valence-electron chi connectivity index (χ4n) is 2.92. The molecule has 2 amide bonds. The summed E-state index contributed by atoms with van der Waals surface area (Å²) >= 11 is 3.42. The Morgan fingerprint density at radius 3 is 2.50 bits per heavy atom. The van der Waals surface area contributed by atoms with Crippen molar-refractivity contribution in [1.82, 2.24) is 10.9 Å². The molecule has 3 aromatic carbocycles. The summed E-state index contributed by atoms with van der Waals surface area (Å²) in [6, 6.07) is 19.2. The molecule has 1 atom stereocenters. The Balaban J connectivity index is 1.45. The van der Waals surface area contributed by atoms with E-state index in [-0.39, 0.29) is 12.3 Å². The first-order chi connectivity index (χ1) is 14.5. The Kier molecular flexibility index (Phi) is 7.30. The van der Waals surface area contributed by atoms with Crippen LogP contribution in [0.3, 0.4) is 0 Å². The van der Waals surface area contributed by atoms with E-state index in [1.807, 2.05) is 60.7 Å². The van der Waals surface area contributed by atoms with Crippen molar-refractivity contribution in [3.05, 3.63) is 70.7 Å². The minimum atomic E-state index is -0.760. The summed E-state index contributed by atoms with van der Waals surface area (Å²) in [5, 5.41) is 2.12. The van der Waals surface area contributed by atoms with E-state index >= 15 is 0 Å². The van der Waals surface area contributed by atoms with Crippen LogP contribution >= 0.6 is 15.9 Å². The van der Waals surface area contributed by atoms with Crippen LogP contribution in [0.25, 0.3) is 10.8 Å². The number of nitrogens with one attached hydrogen (secondary N) is 2. The van der Waals surface area contributed by atoms with Crippen LogP contribution in [0.15, 0.2) is 65.1 Å². The lowest BCUT2D eigenvalue weighted by Gasteiger charge is -2.15. The second kappa shape index (κ2) is 10.1. The summed E-state index contributed by atoms with van der Waals surface area (Å²) in [4.78, 5) is 24.3. The topological polar surface area (TPSA) is 76.7 Å². The van der Waals surface area contributed by atoms with Gasteiger partial charge in [0, 0.05) is 6.42 Å². The van der Waals surface area contributed by atoms with Crippen molar-refractivity contribution >= 4 is 38.5 Å². The first kappa shape index (κ1) is 21.6. The highest BCUT2D eigenvalue weighted by Gasteiger charge is 2.15. The number of rotatable bonds is 7. The molecule has 0 bridgehead atoms. The Bertz CT molecular complexity index is 1050. The molecule has 0 saturated carbocycles. The fraction of sp³-hybridized carbons (Fsp3) is 0.217. The van der Waals surface area contributed by atoms with Crippen molar-refractivity contribution in [2.75, 3.05) is 7.11 Å². The number of hydrazine groups is 1. The maximum Gasteiger partial charge on any atom is 0.279 e. The number of ether oxygens (including phenoxy) is 2. The molecule has 0 heterocycles. The van der Waals surface area contributed by atoms with E-state index in [1.165, 1.54) is 0 Å². The van der Waals surface area contributed by atoms with Gasteiger partial charge in [0.2, 0.25) is 5.91 Å². The van der Waals surface area contributed by atoms with Gasteiger partial charge in [-0.05, 0) is 69.9 Å². The second-order valence-electron chi connectivity index (χ2n) is 6.78. The van der Waals surface area contributed by atoms with Crippen LogP contribution in [0.5, 0.6) is 11.5 Å². The molecule has 2 N–H and O–H groups in total. The summed E-state index contributed by atoms with van der Waals surface area (Å²) in [6.45, 7) is 1.63. The molecule has 3 rings (SSSR count). The van der Waals surface area contributed by atoms with Gasteiger partial charge in [-0.2, -0.15) is 0 Å². The van der Waals surface area contributed by atoms with Crippen molar-refractivity contribution in [2.24, 2.45) is 0 Å². The van der Waals surface area contributed by atoms with Crippen LogP contribution in [0.2, 0.25) is 0 Å². The number of hydrogen-bond donors (Lipinski definition) is 2. The largest absolute Gasteiger partial charge is 0.496 e.